The highest BCUT2D eigenvalue weighted by Gasteiger charge is 2.19. The highest BCUT2D eigenvalue weighted by atomic mass is 32.2. The third-order valence-electron chi connectivity index (χ3n) is 3.99. The number of hydrogen-bond acceptors (Lipinski definition) is 5. The molecule has 7 nitrogen and oxygen atoms in total. The largest absolute Gasteiger partial charge is 0.285 e. The summed E-state index contributed by atoms with van der Waals surface area (Å²) in [7, 11) is -3.76. The van der Waals surface area contributed by atoms with Crippen molar-refractivity contribution in [1.29, 1.82) is 0 Å². The minimum atomic E-state index is -3.76. The van der Waals surface area contributed by atoms with Crippen LogP contribution in [0.3, 0.4) is 0 Å². The number of nitrogens with one attached hydrogen (secondary N) is 1. The number of carbonyl (C=O) groups is 1. The number of nitrogens with zero attached hydrogens (tertiary/aromatic N) is 3. The zero-order chi connectivity index (χ0) is 18.9. The first kappa shape index (κ1) is 18.1. The summed E-state index contributed by atoms with van der Waals surface area (Å²) in [6.07, 6.45) is 2.01. The Bertz CT molecular complexity index is 1070. The highest BCUT2D eigenvalue weighted by molar-refractivity contribution is 7.90. The highest BCUT2D eigenvalue weighted by Crippen LogP contribution is 2.11. The number of carbonyl (C=O) groups excluding carboxylic acids is 1. The van der Waals surface area contributed by atoms with E-state index in [2.05, 4.69) is 14.8 Å². The van der Waals surface area contributed by atoms with Crippen molar-refractivity contribution in [3.8, 4) is 0 Å². The molecule has 0 spiro atoms. The second-order valence-electron chi connectivity index (χ2n) is 6.35. The fourth-order valence-electron chi connectivity index (χ4n) is 2.61. The maximum absolute atomic E-state index is 12.3. The van der Waals surface area contributed by atoms with Crippen LogP contribution in [0, 0.1) is 20.8 Å². The van der Waals surface area contributed by atoms with Crippen molar-refractivity contribution in [2.45, 2.75) is 27.2 Å². The standard InChI is InChI=1S/C18H20N4O3S/c1-12-4-6-15(7-5-12)8-9-26(24,25)21-18(23)16-10-13(2)17-19-14(3)11-22(17)20-16/h4-7,10-11H,8-9H2,1-3H3,(H,21,23). The van der Waals surface area contributed by atoms with Crippen LogP contribution in [0.25, 0.3) is 5.65 Å². The molecule has 1 N–H and O–H groups in total. The van der Waals surface area contributed by atoms with Crippen molar-refractivity contribution in [1.82, 2.24) is 19.3 Å². The number of sulfonamides is 1. The van der Waals surface area contributed by atoms with Crippen LogP contribution >= 0.6 is 0 Å². The van der Waals surface area contributed by atoms with Gasteiger partial charge in [-0.1, -0.05) is 29.8 Å². The summed E-state index contributed by atoms with van der Waals surface area (Å²) in [5.74, 6) is -0.919. The third kappa shape index (κ3) is 4.08. The van der Waals surface area contributed by atoms with Crippen LogP contribution in [-0.2, 0) is 16.4 Å². The van der Waals surface area contributed by atoms with Crippen LogP contribution < -0.4 is 4.72 Å². The van der Waals surface area contributed by atoms with Crippen molar-refractivity contribution < 1.29 is 13.2 Å². The van der Waals surface area contributed by atoms with Crippen LogP contribution in [0.2, 0.25) is 0 Å². The number of imidazole rings is 1. The van der Waals surface area contributed by atoms with E-state index in [-0.39, 0.29) is 11.4 Å². The van der Waals surface area contributed by atoms with Gasteiger partial charge in [0.1, 0.15) is 0 Å². The lowest BCUT2D eigenvalue weighted by Gasteiger charge is -2.08. The van der Waals surface area contributed by atoms with Gasteiger partial charge in [-0.25, -0.2) is 22.6 Å². The Hall–Kier alpha value is -2.74. The fraction of sp³-hybridized carbons (Fsp3) is 0.278. The maximum atomic E-state index is 12.3. The Morgan fingerprint density at radius 2 is 1.85 bits per heavy atom. The van der Waals surface area contributed by atoms with Crippen molar-refractivity contribution in [3.05, 3.63) is 64.6 Å². The van der Waals surface area contributed by atoms with Crippen molar-refractivity contribution in [2.75, 3.05) is 5.75 Å². The normalized spacial score (nSPS) is 11.7. The number of rotatable bonds is 5. The summed E-state index contributed by atoms with van der Waals surface area (Å²) in [5, 5.41) is 4.15. The molecule has 2 aromatic heterocycles. The molecule has 1 amide bonds. The van der Waals surface area contributed by atoms with E-state index in [0.717, 1.165) is 22.4 Å². The average molecular weight is 372 g/mol. The molecule has 2 heterocycles. The molecule has 3 aromatic rings. The van der Waals surface area contributed by atoms with Gasteiger partial charge in [-0.05, 0) is 44.4 Å². The molecule has 0 aliphatic rings. The minimum Gasteiger partial charge on any atom is -0.266 e. The van der Waals surface area contributed by atoms with E-state index in [1.54, 1.807) is 13.1 Å². The van der Waals surface area contributed by atoms with Crippen molar-refractivity contribution in [3.63, 3.8) is 0 Å². The molecule has 0 bridgehead atoms. The average Bonchev–Trinajstić information content (AvgIpc) is 2.95. The first-order valence-corrected chi connectivity index (χ1v) is 9.83. The summed E-state index contributed by atoms with van der Waals surface area (Å²) in [6.45, 7) is 5.59. The van der Waals surface area contributed by atoms with Crippen LogP contribution in [-0.4, -0.2) is 34.7 Å². The monoisotopic (exact) mass is 372 g/mol. The topological polar surface area (TPSA) is 93.4 Å². The number of aromatic nitrogens is 3. The molecule has 0 saturated carbocycles. The van der Waals surface area contributed by atoms with Gasteiger partial charge in [-0.2, -0.15) is 5.10 Å². The quantitative estimate of drug-likeness (QED) is 0.739. The van der Waals surface area contributed by atoms with E-state index in [4.69, 9.17) is 0 Å². The number of hydrogen-bond donors (Lipinski definition) is 1. The van der Waals surface area contributed by atoms with E-state index in [1.807, 2.05) is 38.1 Å². The Kier molecular flexibility index (Phi) is 4.78. The van der Waals surface area contributed by atoms with Crippen LogP contribution in [0.1, 0.15) is 32.9 Å². The molecule has 136 valence electrons. The molecule has 0 aliphatic carbocycles. The first-order valence-electron chi connectivity index (χ1n) is 8.17. The molecular weight excluding hydrogens is 352 g/mol. The van der Waals surface area contributed by atoms with Gasteiger partial charge in [-0.15, -0.1) is 0 Å². The molecule has 0 fully saturated rings. The van der Waals surface area contributed by atoms with Crippen LogP contribution in [0.5, 0.6) is 0 Å². The number of fused-ring (bicyclic) bond motifs is 1. The molecule has 3 rings (SSSR count). The van der Waals surface area contributed by atoms with Gasteiger partial charge < -0.3 is 0 Å². The fourth-order valence-corrected chi connectivity index (χ4v) is 3.60. The van der Waals surface area contributed by atoms with Gasteiger partial charge in [-0.3, -0.25) is 4.79 Å². The molecule has 0 aliphatic heterocycles. The lowest BCUT2D eigenvalue weighted by molar-refractivity contribution is 0.0975. The van der Waals surface area contributed by atoms with Gasteiger partial charge in [0.25, 0.3) is 5.91 Å². The lowest BCUT2D eigenvalue weighted by atomic mass is 10.1. The second-order valence-corrected chi connectivity index (χ2v) is 8.19. The molecular formula is C18H20N4O3S. The summed E-state index contributed by atoms with van der Waals surface area (Å²) in [6, 6.07) is 9.15. The lowest BCUT2D eigenvalue weighted by Crippen LogP contribution is -2.34. The van der Waals surface area contributed by atoms with E-state index in [1.165, 1.54) is 10.6 Å². The minimum absolute atomic E-state index is 0.0336. The first-order chi connectivity index (χ1) is 12.2. The van der Waals surface area contributed by atoms with Gasteiger partial charge >= 0.3 is 0 Å². The van der Waals surface area contributed by atoms with Crippen molar-refractivity contribution in [2.24, 2.45) is 0 Å². The maximum Gasteiger partial charge on any atom is 0.285 e. The van der Waals surface area contributed by atoms with Gasteiger partial charge in [0.05, 0.1) is 17.6 Å². The number of amides is 1. The van der Waals surface area contributed by atoms with E-state index >= 15 is 0 Å². The number of aryl methyl sites for hydroxylation is 4. The van der Waals surface area contributed by atoms with Crippen LogP contribution in [0.4, 0.5) is 0 Å². The van der Waals surface area contributed by atoms with E-state index < -0.39 is 15.9 Å². The van der Waals surface area contributed by atoms with Gasteiger partial charge in [0.2, 0.25) is 10.0 Å². The van der Waals surface area contributed by atoms with Gasteiger partial charge in [0, 0.05) is 0 Å². The van der Waals surface area contributed by atoms with Crippen LogP contribution in [0.15, 0.2) is 36.5 Å². The zero-order valence-corrected chi connectivity index (χ0v) is 15.7. The summed E-state index contributed by atoms with van der Waals surface area (Å²) in [5.41, 5.74) is 4.20. The second kappa shape index (κ2) is 6.87. The molecule has 0 radical (unpaired) electrons. The Morgan fingerprint density at radius 3 is 2.54 bits per heavy atom. The summed E-state index contributed by atoms with van der Waals surface area (Å²) >= 11 is 0. The molecule has 0 unspecified atom stereocenters. The zero-order valence-electron chi connectivity index (χ0n) is 14.9. The Balaban J connectivity index is 1.72. The molecule has 26 heavy (non-hydrogen) atoms. The SMILES string of the molecule is Cc1ccc(CCS(=O)(=O)NC(=O)c2cc(C)c3nc(C)cn3n2)cc1. The van der Waals surface area contributed by atoms with Crippen molar-refractivity contribution >= 4 is 21.6 Å². The predicted octanol–water partition coefficient (Wildman–Crippen LogP) is 1.96. The Labute approximate surface area is 152 Å². The predicted molar refractivity (Wildman–Crippen MR) is 98.6 cm³/mol. The molecule has 8 heteroatoms. The summed E-state index contributed by atoms with van der Waals surface area (Å²) < 4.78 is 28.0. The molecule has 0 atom stereocenters. The molecule has 0 saturated heterocycles. The molecule has 1 aromatic carbocycles. The van der Waals surface area contributed by atoms with Gasteiger partial charge in [0.15, 0.2) is 11.3 Å². The summed E-state index contributed by atoms with van der Waals surface area (Å²) in [4.78, 5) is 16.6. The number of benzene rings is 1. The van der Waals surface area contributed by atoms with E-state index in [9.17, 15) is 13.2 Å². The van der Waals surface area contributed by atoms with E-state index in [0.29, 0.717) is 12.1 Å². The smallest absolute Gasteiger partial charge is 0.266 e. The third-order valence-corrected chi connectivity index (χ3v) is 5.23. The Morgan fingerprint density at radius 1 is 1.15 bits per heavy atom.